The van der Waals surface area contributed by atoms with E-state index in [9.17, 15) is 9.59 Å². The molecule has 0 heterocycles. The molecule has 0 spiro atoms. The molecule has 0 atom stereocenters. The molecular weight excluding hydrogens is 237 g/mol. The van der Waals surface area contributed by atoms with Crippen LogP contribution in [0, 0.1) is 0 Å². The highest BCUT2D eigenvalue weighted by atomic mass is 35.5. The van der Waals surface area contributed by atoms with Crippen LogP contribution in [-0.2, 0) is 16.0 Å². The van der Waals surface area contributed by atoms with Gasteiger partial charge in [0.1, 0.15) is 0 Å². The summed E-state index contributed by atoms with van der Waals surface area (Å²) < 4.78 is 0. The van der Waals surface area contributed by atoms with Gasteiger partial charge in [-0.25, -0.2) is 0 Å². The zero-order chi connectivity index (χ0) is 11.4. The average molecular weight is 246 g/mol. The van der Waals surface area contributed by atoms with Crippen molar-refractivity contribution in [2.75, 3.05) is 0 Å². The molecule has 5 heteroatoms. The topological polar surface area (TPSA) is 46.2 Å². The Hall–Kier alpha value is -1.06. The number of hydrogen-bond donors (Lipinski definition) is 1. The molecule has 2 amide bonds. The Balaban J connectivity index is 2.72. The molecule has 0 saturated carbocycles. The Labute approximate surface area is 97.4 Å². The van der Waals surface area contributed by atoms with E-state index in [1.807, 2.05) is 0 Å². The van der Waals surface area contributed by atoms with E-state index in [0.717, 1.165) is 0 Å². The molecule has 0 saturated heterocycles. The Morgan fingerprint density at radius 2 is 1.73 bits per heavy atom. The molecule has 0 aliphatic carbocycles. The van der Waals surface area contributed by atoms with E-state index in [2.05, 4.69) is 5.32 Å². The highest BCUT2D eigenvalue weighted by Gasteiger charge is 2.06. The molecule has 15 heavy (non-hydrogen) atoms. The fourth-order valence-corrected chi connectivity index (χ4v) is 1.71. The number of nitrogens with one attached hydrogen (secondary N) is 1. The standard InChI is InChI=1S/C10H9Cl2NO2/c1-6(14)13-10(15)4-7-2-8(11)5-9(12)3-7/h2-3,5H,4H2,1H3,(H,13,14,15). The van der Waals surface area contributed by atoms with Crippen LogP contribution < -0.4 is 5.32 Å². The summed E-state index contributed by atoms with van der Waals surface area (Å²) >= 11 is 11.5. The van der Waals surface area contributed by atoms with E-state index >= 15 is 0 Å². The number of imide groups is 1. The summed E-state index contributed by atoms with van der Waals surface area (Å²) in [7, 11) is 0. The SMILES string of the molecule is CC(=O)NC(=O)Cc1cc(Cl)cc(Cl)c1. The molecule has 80 valence electrons. The highest BCUT2D eigenvalue weighted by molar-refractivity contribution is 6.34. The number of rotatable bonds is 2. The van der Waals surface area contributed by atoms with E-state index < -0.39 is 0 Å². The summed E-state index contributed by atoms with van der Waals surface area (Å²) in [6.45, 7) is 1.28. The second-order valence-electron chi connectivity index (χ2n) is 3.06. The average Bonchev–Trinajstić information content (AvgIpc) is 1.98. The van der Waals surface area contributed by atoms with Crippen LogP contribution >= 0.6 is 23.2 Å². The number of carbonyl (C=O) groups is 2. The fourth-order valence-electron chi connectivity index (χ4n) is 1.14. The quantitative estimate of drug-likeness (QED) is 0.869. The summed E-state index contributed by atoms with van der Waals surface area (Å²) in [6, 6.07) is 4.84. The number of hydrogen-bond acceptors (Lipinski definition) is 2. The van der Waals surface area contributed by atoms with Gasteiger partial charge in [0, 0.05) is 17.0 Å². The molecule has 1 aromatic carbocycles. The van der Waals surface area contributed by atoms with E-state index in [-0.39, 0.29) is 18.2 Å². The number of carbonyl (C=O) groups excluding carboxylic acids is 2. The molecule has 0 radical (unpaired) electrons. The van der Waals surface area contributed by atoms with Gasteiger partial charge in [0.25, 0.3) is 0 Å². The van der Waals surface area contributed by atoms with Crippen molar-refractivity contribution in [2.45, 2.75) is 13.3 Å². The molecule has 0 aliphatic rings. The number of benzene rings is 1. The van der Waals surface area contributed by atoms with Gasteiger partial charge in [0.15, 0.2) is 0 Å². The molecule has 0 aliphatic heterocycles. The molecular formula is C10H9Cl2NO2. The monoisotopic (exact) mass is 245 g/mol. The van der Waals surface area contributed by atoms with E-state index in [0.29, 0.717) is 15.6 Å². The predicted molar refractivity (Wildman–Crippen MR) is 59.0 cm³/mol. The lowest BCUT2D eigenvalue weighted by Crippen LogP contribution is -2.29. The fraction of sp³-hybridized carbons (Fsp3) is 0.200. The lowest BCUT2D eigenvalue weighted by atomic mass is 10.1. The zero-order valence-corrected chi connectivity index (χ0v) is 9.52. The first-order valence-electron chi connectivity index (χ1n) is 4.23. The van der Waals surface area contributed by atoms with E-state index in [1.54, 1.807) is 18.2 Å². The van der Waals surface area contributed by atoms with Crippen molar-refractivity contribution in [1.29, 1.82) is 0 Å². The highest BCUT2D eigenvalue weighted by Crippen LogP contribution is 2.19. The van der Waals surface area contributed by atoms with Crippen LogP contribution in [0.2, 0.25) is 10.0 Å². The van der Waals surface area contributed by atoms with Gasteiger partial charge in [-0.05, 0) is 23.8 Å². The van der Waals surface area contributed by atoms with Gasteiger partial charge in [-0.1, -0.05) is 23.2 Å². The van der Waals surface area contributed by atoms with Crippen LogP contribution in [-0.4, -0.2) is 11.8 Å². The normalized spacial score (nSPS) is 9.80. The minimum atomic E-state index is -0.381. The maximum Gasteiger partial charge on any atom is 0.230 e. The van der Waals surface area contributed by atoms with Crippen LogP contribution in [0.15, 0.2) is 18.2 Å². The van der Waals surface area contributed by atoms with Crippen molar-refractivity contribution in [2.24, 2.45) is 0 Å². The third kappa shape index (κ3) is 4.32. The smallest absolute Gasteiger partial charge is 0.230 e. The summed E-state index contributed by atoms with van der Waals surface area (Å²) in [5.41, 5.74) is 0.672. The van der Waals surface area contributed by atoms with Gasteiger partial charge in [0.2, 0.25) is 11.8 Å². The van der Waals surface area contributed by atoms with Crippen molar-refractivity contribution in [1.82, 2.24) is 5.32 Å². The second kappa shape index (κ2) is 5.14. The summed E-state index contributed by atoms with van der Waals surface area (Å²) in [4.78, 5) is 21.8. The predicted octanol–water partition coefficient (Wildman–Crippen LogP) is 2.20. The molecule has 1 N–H and O–H groups in total. The van der Waals surface area contributed by atoms with Gasteiger partial charge < -0.3 is 0 Å². The van der Waals surface area contributed by atoms with Gasteiger partial charge in [-0.2, -0.15) is 0 Å². The lowest BCUT2D eigenvalue weighted by molar-refractivity contribution is -0.128. The first kappa shape index (κ1) is 12.0. The number of halogens is 2. The lowest BCUT2D eigenvalue weighted by Gasteiger charge is -2.02. The van der Waals surface area contributed by atoms with Crippen molar-refractivity contribution >= 4 is 35.0 Å². The Morgan fingerprint density at radius 1 is 1.20 bits per heavy atom. The second-order valence-corrected chi connectivity index (χ2v) is 3.93. The Bertz CT molecular complexity index is 384. The summed E-state index contributed by atoms with van der Waals surface area (Å²) in [6.07, 6.45) is 0.0832. The van der Waals surface area contributed by atoms with Crippen LogP contribution in [0.5, 0.6) is 0 Å². The van der Waals surface area contributed by atoms with Crippen LogP contribution in [0.3, 0.4) is 0 Å². The van der Waals surface area contributed by atoms with Gasteiger partial charge in [0.05, 0.1) is 6.42 Å². The Morgan fingerprint density at radius 3 is 2.20 bits per heavy atom. The van der Waals surface area contributed by atoms with Crippen molar-refractivity contribution in [3.8, 4) is 0 Å². The third-order valence-electron chi connectivity index (χ3n) is 1.60. The van der Waals surface area contributed by atoms with E-state index in [1.165, 1.54) is 6.92 Å². The minimum Gasteiger partial charge on any atom is -0.296 e. The molecule has 0 fully saturated rings. The van der Waals surface area contributed by atoms with Gasteiger partial charge in [-0.15, -0.1) is 0 Å². The molecule has 3 nitrogen and oxygen atoms in total. The van der Waals surface area contributed by atoms with Crippen molar-refractivity contribution < 1.29 is 9.59 Å². The minimum absolute atomic E-state index is 0.0832. The molecule has 0 aromatic heterocycles. The summed E-state index contributed by atoms with van der Waals surface area (Å²) in [5, 5.41) is 3.10. The van der Waals surface area contributed by atoms with E-state index in [4.69, 9.17) is 23.2 Å². The first-order chi connectivity index (χ1) is 6.97. The molecule has 0 unspecified atom stereocenters. The molecule has 1 rings (SSSR count). The van der Waals surface area contributed by atoms with Gasteiger partial charge >= 0.3 is 0 Å². The third-order valence-corrected chi connectivity index (χ3v) is 2.04. The first-order valence-corrected chi connectivity index (χ1v) is 4.98. The maximum atomic E-state index is 11.2. The zero-order valence-electron chi connectivity index (χ0n) is 8.01. The van der Waals surface area contributed by atoms with Crippen LogP contribution in [0.25, 0.3) is 0 Å². The molecule has 0 bridgehead atoms. The molecule has 1 aromatic rings. The van der Waals surface area contributed by atoms with Crippen molar-refractivity contribution in [3.05, 3.63) is 33.8 Å². The maximum absolute atomic E-state index is 11.2. The Kier molecular flexibility index (Phi) is 4.12. The number of amides is 2. The van der Waals surface area contributed by atoms with Crippen molar-refractivity contribution in [3.63, 3.8) is 0 Å². The van der Waals surface area contributed by atoms with Gasteiger partial charge in [-0.3, -0.25) is 14.9 Å². The summed E-state index contributed by atoms with van der Waals surface area (Å²) in [5.74, 6) is -0.756. The van der Waals surface area contributed by atoms with Crippen LogP contribution in [0.1, 0.15) is 12.5 Å². The van der Waals surface area contributed by atoms with Crippen LogP contribution in [0.4, 0.5) is 0 Å². The largest absolute Gasteiger partial charge is 0.296 e.